The quantitative estimate of drug-likeness (QED) is 0.741. The number of amides is 2. The van der Waals surface area contributed by atoms with Gasteiger partial charge in [-0.15, -0.1) is 0 Å². The molecule has 1 N–H and O–H groups in total. The largest absolute Gasteiger partial charge is 0.497 e. The average Bonchev–Trinajstić information content (AvgIpc) is 3.07. The minimum absolute atomic E-state index is 0.0353. The van der Waals surface area contributed by atoms with Crippen LogP contribution in [0.3, 0.4) is 0 Å². The van der Waals surface area contributed by atoms with E-state index in [1.165, 1.54) is 0 Å². The number of ether oxygens (including phenoxy) is 1. The second-order valence-electron chi connectivity index (χ2n) is 6.47. The second kappa shape index (κ2) is 7.48. The summed E-state index contributed by atoms with van der Waals surface area (Å²) >= 11 is 3.50. The Balaban J connectivity index is 1.79. The molecular weight excluding hydrogens is 380 g/mol. The molecule has 1 unspecified atom stereocenters. The van der Waals surface area contributed by atoms with Gasteiger partial charge in [-0.05, 0) is 67.6 Å². The predicted molar refractivity (Wildman–Crippen MR) is 104 cm³/mol. The van der Waals surface area contributed by atoms with Crippen LogP contribution in [0.2, 0.25) is 0 Å². The Morgan fingerprint density at radius 2 is 1.84 bits per heavy atom. The van der Waals surface area contributed by atoms with Crippen LogP contribution in [0.4, 0.5) is 10.5 Å². The third-order valence-electron chi connectivity index (χ3n) is 4.74. The fourth-order valence-electron chi connectivity index (χ4n) is 3.47. The van der Waals surface area contributed by atoms with E-state index in [-0.39, 0.29) is 12.1 Å². The maximum Gasteiger partial charge on any atom is 0.322 e. The van der Waals surface area contributed by atoms with Gasteiger partial charge in [0.15, 0.2) is 0 Å². The SMILES string of the molecule is COc1ccc(C2CCCN2C(=O)Nc2c(C)cc(Br)cc2C)cc1. The molecule has 0 bridgehead atoms. The molecule has 1 heterocycles. The molecule has 2 aromatic rings. The summed E-state index contributed by atoms with van der Waals surface area (Å²) in [6, 6.07) is 12.1. The molecule has 1 aliphatic rings. The fraction of sp³-hybridized carbons (Fsp3) is 0.350. The Labute approximate surface area is 157 Å². The first-order valence-corrected chi connectivity index (χ1v) is 9.27. The molecule has 0 radical (unpaired) electrons. The summed E-state index contributed by atoms with van der Waals surface area (Å²) in [6.07, 6.45) is 2.00. The highest BCUT2D eigenvalue weighted by atomic mass is 79.9. The lowest BCUT2D eigenvalue weighted by Crippen LogP contribution is -2.34. The van der Waals surface area contributed by atoms with Crippen molar-refractivity contribution in [3.05, 3.63) is 57.6 Å². The number of benzene rings is 2. The Bertz CT molecular complexity index is 751. The van der Waals surface area contributed by atoms with E-state index in [0.717, 1.165) is 52.0 Å². The summed E-state index contributed by atoms with van der Waals surface area (Å²) in [4.78, 5) is 14.8. The van der Waals surface area contributed by atoms with Crippen LogP contribution in [0, 0.1) is 13.8 Å². The zero-order valence-electron chi connectivity index (χ0n) is 14.8. The van der Waals surface area contributed by atoms with Gasteiger partial charge in [-0.2, -0.15) is 0 Å². The minimum Gasteiger partial charge on any atom is -0.497 e. The molecule has 1 saturated heterocycles. The summed E-state index contributed by atoms with van der Waals surface area (Å²) in [5, 5.41) is 3.11. The van der Waals surface area contributed by atoms with Crippen molar-refractivity contribution in [1.82, 2.24) is 4.90 Å². The van der Waals surface area contributed by atoms with Crippen LogP contribution in [0.5, 0.6) is 5.75 Å². The number of nitrogens with one attached hydrogen (secondary N) is 1. The number of urea groups is 1. The lowest BCUT2D eigenvalue weighted by molar-refractivity contribution is 0.207. The first-order chi connectivity index (χ1) is 12.0. The zero-order valence-corrected chi connectivity index (χ0v) is 16.4. The predicted octanol–water partition coefficient (Wildman–Crippen LogP) is 5.44. The molecule has 0 spiro atoms. The summed E-state index contributed by atoms with van der Waals surface area (Å²) < 4.78 is 6.25. The van der Waals surface area contributed by atoms with Crippen molar-refractivity contribution in [2.75, 3.05) is 19.0 Å². The van der Waals surface area contributed by atoms with E-state index in [2.05, 4.69) is 21.2 Å². The number of carbonyl (C=O) groups is 1. The summed E-state index contributed by atoms with van der Waals surface area (Å²) in [7, 11) is 1.66. The molecule has 3 rings (SSSR count). The van der Waals surface area contributed by atoms with Crippen LogP contribution in [-0.4, -0.2) is 24.6 Å². The van der Waals surface area contributed by atoms with E-state index >= 15 is 0 Å². The Morgan fingerprint density at radius 3 is 2.44 bits per heavy atom. The molecule has 4 nitrogen and oxygen atoms in total. The maximum atomic E-state index is 12.9. The number of methoxy groups -OCH3 is 1. The number of hydrogen-bond acceptors (Lipinski definition) is 2. The third kappa shape index (κ3) is 3.82. The first kappa shape index (κ1) is 17.8. The molecule has 5 heteroatoms. The topological polar surface area (TPSA) is 41.6 Å². The monoisotopic (exact) mass is 402 g/mol. The van der Waals surface area contributed by atoms with Gasteiger partial charge < -0.3 is 15.0 Å². The molecule has 2 aromatic carbocycles. The summed E-state index contributed by atoms with van der Waals surface area (Å²) in [5.41, 5.74) is 4.16. The molecule has 1 atom stereocenters. The second-order valence-corrected chi connectivity index (χ2v) is 7.38. The van der Waals surface area contributed by atoms with Gasteiger partial charge in [-0.25, -0.2) is 4.79 Å². The molecule has 0 aliphatic carbocycles. The molecule has 25 heavy (non-hydrogen) atoms. The van der Waals surface area contributed by atoms with E-state index < -0.39 is 0 Å². The normalized spacial score (nSPS) is 16.8. The molecule has 2 amide bonds. The van der Waals surface area contributed by atoms with Gasteiger partial charge in [0.2, 0.25) is 0 Å². The molecule has 1 aliphatic heterocycles. The Morgan fingerprint density at radius 1 is 1.20 bits per heavy atom. The van der Waals surface area contributed by atoms with Crippen molar-refractivity contribution in [3.8, 4) is 5.75 Å². The molecule has 0 saturated carbocycles. The van der Waals surface area contributed by atoms with Crippen molar-refractivity contribution in [2.24, 2.45) is 0 Å². The molecule has 0 aromatic heterocycles. The van der Waals surface area contributed by atoms with Crippen molar-refractivity contribution < 1.29 is 9.53 Å². The van der Waals surface area contributed by atoms with Gasteiger partial charge in [0.05, 0.1) is 13.2 Å². The number of rotatable bonds is 3. The highest BCUT2D eigenvalue weighted by Crippen LogP contribution is 2.34. The summed E-state index contributed by atoms with van der Waals surface area (Å²) in [5.74, 6) is 0.832. The first-order valence-electron chi connectivity index (χ1n) is 8.48. The van der Waals surface area contributed by atoms with Gasteiger partial charge in [0.25, 0.3) is 0 Å². The van der Waals surface area contributed by atoms with Crippen molar-refractivity contribution in [1.29, 1.82) is 0 Å². The maximum absolute atomic E-state index is 12.9. The minimum atomic E-state index is -0.0353. The number of halogens is 1. The average molecular weight is 403 g/mol. The molecular formula is C20H23BrN2O2. The van der Waals surface area contributed by atoms with Crippen LogP contribution in [0.1, 0.15) is 35.6 Å². The van der Waals surface area contributed by atoms with Crippen LogP contribution >= 0.6 is 15.9 Å². The zero-order chi connectivity index (χ0) is 18.0. The fourth-order valence-corrected chi connectivity index (χ4v) is 4.16. The van der Waals surface area contributed by atoms with Gasteiger partial charge in [-0.1, -0.05) is 28.1 Å². The van der Waals surface area contributed by atoms with E-state index in [1.54, 1.807) is 7.11 Å². The Hall–Kier alpha value is -2.01. The van der Waals surface area contributed by atoms with E-state index in [4.69, 9.17) is 4.74 Å². The lowest BCUT2D eigenvalue weighted by Gasteiger charge is -2.26. The highest BCUT2D eigenvalue weighted by molar-refractivity contribution is 9.10. The third-order valence-corrected chi connectivity index (χ3v) is 5.20. The Kier molecular flexibility index (Phi) is 5.33. The van der Waals surface area contributed by atoms with Crippen LogP contribution in [0.15, 0.2) is 40.9 Å². The van der Waals surface area contributed by atoms with Crippen molar-refractivity contribution in [2.45, 2.75) is 32.7 Å². The van der Waals surface area contributed by atoms with E-state index in [9.17, 15) is 4.79 Å². The standard InChI is InChI=1S/C20H23BrN2O2/c1-13-11-16(21)12-14(2)19(13)22-20(24)23-10-4-5-18(23)15-6-8-17(25-3)9-7-15/h6-9,11-12,18H,4-5,10H2,1-3H3,(H,22,24). The van der Waals surface area contributed by atoms with Crippen LogP contribution < -0.4 is 10.1 Å². The van der Waals surface area contributed by atoms with Crippen LogP contribution in [0.25, 0.3) is 0 Å². The molecule has 132 valence electrons. The van der Waals surface area contributed by atoms with Crippen molar-refractivity contribution >= 4 is 27.6 Å². The number of carbonyl (C=O) groups excluding carboxylic acids is 1. The van der Waals surface area contributed by atoms with Gasteiger partial charge >= 0.3 is 6.03 Å². The number of anilines is 1. The van der Waals surface area contributed by atoms with Gasteiger partial charge in [0.1, 0.15) is 5.75 Å². The molecule has 1 fully saturated rings. The van der Waals surface area contributed by atoms with Crippen LogP contribution in [-0.2, 0) is 0 Å². The van der Waals surface area contributed by atoms with Crippen molar-refractivity contribution in [3.63, 3.8) is 0 Å². The van der Waals surface area contributed by atoms with Gasteiger partial charge in [0, 0.05) is 16.7 Å². The number of aryl methyl sites for hydroxylation is 2. The number of likely N-dealkylation sites (tertiary alicyclic amines) is 1. The van der Waals surface area contributed by atoms with E-state index in [0.29, 0.717) is 0 Å². The summed E-state index contributed by atoms with van der Waals surface area (Å²) in [6.45, 7) is 4.80. The number of nitrogens with zero attached hydrogens (tertiary/aromatic N) is 1. The van der Waals surface area contributed by atoms with Gasteiger partial charge in [-0.3, -0.25) is 0 Å². The number of hydrogen-bond donors (Lipinski definition) is 1. The van der Waals surface area contributed by atoms with E-state index in [1.807, 2.05) is 55.1 Å². The highest BCUT2D eigenvalue weighted by Gasteiger charge is 2.30. The smallest absolute Gasteiger partial charge is 0.322 e. The lowest BCUT2D eigenvalue weighted by atomic mass is 10.0.